The standard InChI is InChI=1S/C16H23BrO3/c1-9(2)11-7-13(17)10(3)12(14(11)20-6)8-16(4,5)15(18)19/h7,9H,8H2,1-6H3,(H,18,19). The molecule has 0 fully saturated rings. The normalized spacial score (nSPS) is 11.8. The Morgan fingerprint density at radius 3 is 2.40 bits per heavy atom. The minimum absolute atomic E-state index is 0.313. The molecular formula is C16H23BrO3. The third-order valence-corrected chi connectivity index (χ3v) is 4.48. The molecule has 0 aromatic heterocycles. The summed E-state index contributed by atoms with van der Waals surface area (Å²) in [4.78, 5) is 11.4. The average Bonchev–Trinajstić information content (AvgIpc) is 2.34. The van der Waals surface area contributed by atoms with Crippen LogP contribution in [0.5, 0.6) is 5.75 Å². The van der Waals surface area contributed by atoms with Gasteiger partial charge in [0.1, 0.15) is 5.75 Å². The van der Waals surface area contributed by atoms with E-state index in [0.717, 1.165) is 26.9 Å². The van der Waals surface area contributed by atoms with E-state index in [2.05, 4.69) is 35.8 Å². The molecule has 0 bridgehead atoms. The van der Waals surface area contributed by atoms with Gasteiger partial charge in [0.15, 0.2) is 0 Å². The molecule has 0 atom stereocenters. The smallest absolute Gasteiger partial charge is 0.309 e. The average molecular weight is 343 g/mol. The predicted molar refractivity (Wildman–Crippen MR) is 84.6 cm³/mol. The molecule has 1 N–H and O–H groups in total. The second-order valence-corrected chi connectivity index (χ2v) is 6.96. The van der Waals surface area contributed by atoms with Crippen LogP contribution in [0.25, 0.3) is 0 Å². The molecule has 0 saturated carbocycles. The van der Waals surface area contributed by atoms with E-state index in [4.69, 9.17) is 4.74 Å². The van der Waals surface area contributed by atoms with Gasteiger partial charge in [0, 0.05) is 4.47 Å². The molecule has 0 saturated heterocycles. The summed E-state index contributed by atoms with van der Waals surface area (Å²) in [5, 5.41) is 9.35. The van der Waals surface area contributed by atoms with Crippen LogP contribution in [-0.2, 0) is 11.2 Å². The molecule has 0 radical (unpaired) electrons. The third kappa shape index (κ3) is 3.35. The Balaban J connectivity index is 3.48. The van der Waals surface area contributed by atoms with Gasteiger partial charge in [-0.05, 0) is 55.9 Å². The molecule has 20 heavy (non-hydrogen) atoms. The fourth-order valence-corrected chi connectivity index (χ4v) is 2.69. The monoisotopic (exact) mass is 342 g/mol. The molecule has 0 aliphatic rings. The number of rotatable bonds is 5. The number of carboxylic acid groups (broad SMARTS) is 1. The number of aliphatic carboxylic acids is 1. The molecule has 4 heteroatoms. The van der Waals surface area contributed by atoms with Gasteiger partial charge in [-0.2, -0.15) is 0 Å². The van der Waals surface area contributed by atoms with E-state index in [0.29, 0.717) is 12.3 Å². The Morgan fingerprint density at radius 2 is 2.00 bits per heavy atom. The van der Waals surface area contributed by atoms with Crippen LogP contribution in [0.4, 0.5) is 0 Å². The van der Waals surface area contributed by atoms with E-state index in [1.54, 1.807) is 21.0 Å². The fourth-order valence-electron chi connectivity index (χ4n) is 2.20. The van der Waals surface area contributed by atoms with E-state index in [-0.39, 0.29) is 0 Å². The van der Waals surface area contributed by atoms with Crippen molar-refractivity contribution < 1.29 is 14.6 Å². The maximum absolute atomic E-state index is 11.4. The summed E-state index contributed by atoms with van der Waals surface area (Å²) >= 11 is 3.57. The molecule has 0 spiro atoms. The van der Waals surface area contributed by atoms with Crippen molar-refractivity contribution in [2.75, 3.05) is 7.11 Å². The molecule has 1 aromatic carbocycles. The third-order valence-electron chi connectivity index (χ3n) is 3.65. The number of carbonyl (C=O) groups is 1. The molecule has 0 aliphatic heterocycles. The number of hydrogen-bond acceptors (Lipinski definition) is 2. The SMILES string of the molecule is COc1c(C(C)C)cc(Br)c(C)c1CC(C)(C)C(=O)O. The van der Waals surface area contributed by atoms with Crippen LogP contribution in [0.1, 0.15) is 50.3 Å². The highest BCUT2D eigenvalue weighted by Crippen LogP contribution is 2.39. The number of methoxy groups -OCH3 is 1. The molecule has 0 aliphatic carbocycles. The highest BCUT2D eigenvalue weighted by Gasteiger charge is 2.31. The van der Waals surface area contributed by atoms with Crippen molar-refractivity contribution in [3.05, 3.63) is 27.2 Å². The van der Waals surface area contributed by atoms with Crippen molar-refractivity contribution in [2.24, 2.45) is 5.41 Å². The maximum atomic E-state index is 11.4. The van der Waals surface area contributed by atoms with Crippen molar-refractivity contribution in [1.29, 1.82) is 0 Å². The molecule has 0 amide bonds. The van der Waals surface area contributed by atoms with Gasteiger partial charge in [0.05, 0.1) is 12.5 Å². The van der Waals surface area contributed by atoms with Gasteiger partial charge in [-0.1, -0.05) is 29.8 Å². The van der Waals surface area contributed by atoms with E-state index >= 15 is 0 Å². The second-order valence-electron chi connectivity index (χ2n) is 6.10. The van der Waals surface area contributed by atoms with E-state index in [1.165, 1.54) is 0 Å². The van der Waals surface area contributed by atoms with Gasteiger partial charge in [0.2, 0.25) is 0 Å². The first-order valence-electron chi connectivity index (χ1n) is 6.71. The van der Waals surface area contributed by atoms with E-state index < -0.39 is 11.4 Å². The zero-order valence-electron chi connectivity index (χ0n) is 13.0. The largest absolute Gasteiger partial charge is 0.496 e. The quantitative estimate of drug-likeness (QED) is 0.854. The summed E-state index contributed by atoms with van der Waals surface area (Å²) in [6, 6.07) is 2.07. The first-order valence-corrected chi connectivity index (χ1v) is 7.50. The van der Waals surface area contributed by atoms with Crippen LogP contribution in [0.15, 0.2) is 10.5 Å². The molecule has 0 unspecified atom stereocenters. The van der Waals surface area contributed by atoms with Crippen LogP contribution in [0.2, 0.25) is 0 Å². The number of ether oxygens (including phenoxy) is 1. The number of carboxylic acids is 1. The molecule has 1 aromatic rings. The summed E-state index contributed by atoms with van der Waals surface area (Å²) in [6.07, 6.45) is 0.441. The van der Waals surface area contributed by atoms with Gasteiger partial charge in [0.25, 0.3) is 0 Å². The van der Waals surface area contributed by atoms with Crippen LogP contribution in [0.3, 0.4) is 0 Å². The van der Waals surface area contributed by atoms with E-state index in [9.17, 15) is 9.90 Å². The Kier molecular flexibility index (Phi) is 5.25. The van der Waals surface area contributed by atoms with Crippen LogP contribution < -0.4 is 4.74 Å². The van der Waals surface area contributed by atoms with Crippen molar-refractivity contribution in [2.45, 2.75) is 47.0 Å². The first-order chi connectivity index (χ1) is 9.11. The van der Waals surface area contributed by atoms with Gasteiger partial charge >= 0.3 is 5.97 Å². The topological polar surface area (TPSA) is 46.5 Å². The predicted octanol–water partition coefficient (Wildman–Crippen LogP) is 4.54. The minimum Gasteiger partial charge on any atom is -0.496 e. The van der Waals surface area contributed by atoms with Crippen molar-refractivity contribution in [3.8, 4) is 5.75 Å². The maximum Gasteiger partial charge on any atom is 0.309 e. The van der Waals surface area contributed by atoms with E-state index in [1.807, 2.05) is 6.92 Å². The zero-order valence-corrected chi connectivity index (χ0v) is 14.6. The van der Waals surface area contributed by atoms with Crippen LogP contribution in [-0.4, -0.2) is 18.2 Å². The lowest BCUT2D eigenvalue weighted by atomic mass is 9.82. The Hall–Kier alpha value is -1.03. The first kappa shape index (κ1) is 17.0. The fraction of sp³-hybridized carbons (Fsp3) is 0.562. The number of hydrogen-bond donors (Lipinski definition) is 1. The van der Waals surface area contributed by atoms with Gasteiger partial charge in [-0.15, -0.1) is 0 Å². The molecule has 0 heterocycles. The molecule has 3 nitrogen and oxygen atoms in total. The second kappa shape index (κ2) is 6.17. The van der Waals surface area contributed by atoms with Gasteiger partial charge in [-0.3, -0.25) is 4.79 Å². The summed E-state index contributed by atoms with van der Waals surface area (Å²) in [5.74, 6) is 0.327. The highest BCUT2D eigenvalue weighted by atomic mass is 79.9. The Bertz CT molecular complexity index is 519. The lowest BCUT2D eigenvalue weighted by Crippen LogP contribution is -2.27. The highest BCUT2D eigenvalue weighted by molar-refractivity contribution is 9.10. The lowest BCUT2D eigenvalue weighted by molar-refractivity contribution is -0.146. The van der Waals surface area contributed by atoms with Crippen LogP contribution >= 0.6 is 15.9 Å². The molecular weight excluding hydrogens is 320 g/mol. The zero-order chi connectivity index (χ0) is 15.7. The summed E-state index contributed by atoms with van der Waals surface area (Å²) in [7, 11) is 1.64. The number of halogens is 1. The van der Waals surface area contributed by atoms with Gasteiger partial charge in [-0.25, -0.2) is 0 Å². The van der Waals surface area contributed by atoms with Crippen LogP contribution in [0, 0.1) is 12.3 Å². The number of benzene rings is 1. The lowest BCUT2D eigenvalue weighted by Gasteiger charge is -2.25. The van der Waals surface area contributed by atoms with Crippen molar-refractivity contribution >= 4 is 21.9 Å². The summed E-state index contributed by atoms with van der Waals surface area (Å²) in [5.41, 5.74) is 2.28. The Morgan fingerprint density at radius 1 is 1.45 bits per heavy atom. The summed E-state index contributed by atoms with van der Waals surface area (Å²) in [6.45, 7) is 9.68. The molecule has 1 rings (SSSR count). The Labute approximate surface area is 129 Å². The van der Waals surface area contributed by atoms with Crippen molar-refractivity contribution in [3.63, 3.8) is 0 Å². The minimum atomic E-state index is -0.826. The van der Waals surface area contributed by atoms with Gasteiger partial charge < -0.3 is 9.84 Å². The molecule has 112 valence electrons. The van der Waals surface area contributed by atoms with Crippen molar-refractivity contribution in [1.82, 2.24) is 0 Å². The summed E-state index contributed by atoms with van der Waals surface area (Å²) < 4.78 is 6.58.